The summed E-state index contributed by atoms with van der Waals surface area (Å²) in [7, 11) is 1.82. The lowest BCUT2D eigenvalue weighted by Crippen LogP contribution is -2.48. The summed E-state index contributed by atoms with van der Waals surface area (Å²) in [5.74, 6) is 0.838. The number of nitrogens with zero attached hydrogens (tertiary/aromatic N) is 5. The number of aromatic nitrogens is 4. The Hall–Kier alpha value is -1.01. The molecule has 0 saturated carbocycles. The van der Waals surface area contributed by atoms with Gasteiger partial charge in [-0.3, -0.25) is 4.90 Å². The Kier molecular flexibility index (Phi) is 3.30. The van der Waals surface area contributed by atoms with Gasteiger partial charge in [0.2, 0.25) is 0 Å². The van der Waals surface area contributed by atoms with Gasteiger partial charge in [0.05, 0.1) is 13.6 Å². The molecule has 0 radical (unpaired) electrons. The van der Waals surface area contributed by atoms with E-state index in [1.165, 1.54) is 30.5 Å². The van der Waals surface area contributed by atoms with E-state index in [-0.39, 0.29) is 0 Å². The maximum Gasteiger partial charge on any atom is 0.188 e. The smallest absolute Gasteiger partial charge is 0.188 e. The van der Waals surface area contributed by atoms with Gasteiger partial charge in [-0.1, -0.05) is 6.92 Å². The molecule has 2 aliphatic rings. The molecule has 2 fully saturated rings. The second kappa shape index (κ2) is 4.93. The number of rotatable bonds is 4. The summed E-state index contributed by atoms with van der Waals surface area (Å²) in [4.78, 5) is 4.04. The molecule has 1 aromatic heterocycles. The van der Waals surface area contributed by atoms with Crippen LogP contribution in [0.5, 0.6) is 0 Å². The molecule has 3 rings (SSSR count). The number of aryl methyl sites for hydroxylation is 1. The van der Waals surface area contributed by atoms with Gasteiger partial charge < -0.3 is 5.32 Å². The number of hydrogen-bond donors (Lipinski definition) is 1. The Morgan fingerprint density at radius 1 is 1.33 bits per heavy atom. The SMILES string of the molecule is CCN(Cc1nnn(C)n1)C1CC2CCC(C1)N2. The Balaban J connectivity index is 1.65. The molecule has 3 heterocycles. The highest BCUT2D eigenvalue weighted by Crippen LogP contribution is 2.30. The summed E-state index contributed by atoms with van der Waals surface area (Å²) in [5, 5.41) is 16.0. The molecule has 2 saturated heterocycles. The fourth-order valence-electron chi connectivity index (χ4n) is 3.39. The highest BCUT2D eigenvalue weighted by atomic mass is 15.6. The predicted octanol–water partition coefficient (Wildman–Crippen LogP) is 0.315. The zero-order chi connectivity index (χ0) is 12.5. The van der Waals surface area contributed by atoms with E-state index in [1.54, 1.807) is 0 Å². The molecule has 2 atom stereocenters. The molecule has 1 N–H and O–H groups in total. The van der Waals surface area contributed by atoms with E-state index in [2.05, 4.69) is 32.6 Å². The third kappa shape index (κ3) is 2.40. The van der Waals surface area contributed by atoms with Gasteiger partial charge in [-0.2, -0.15) is 4.80 Å². The maximum absolute atomic E-state index is 4.28. The minimum Gasteiger partial charge on any atom is -0.311 e. The first kappa shape index (κ1) is 12.0. The minimum atomic E-state index is 0.678. The Bertz CT molecular complexity index is 391. The van der Waals surface area contributed by atoms with Crippen LogP contribution in [-0.2, 0) is 13.6 Å². The highest BCUT2D eigenvalue weighted by molar-refractivity contribution is 4.96. The molecule has 2 aliphatic heterocycles. The second-order valence-electron chi connectivity index (χ2n) is 5.52. The minimum absolute atomic E-state index is 0.678. The zero-order valence-corrected chi connectivity index (χ0v) is 11.2. The summed E-state index contributed by atoms with van der Waals surface area (Å²) < 4.78 is 0. The summed E-state index contributed by atoms with van der Waals surface area (Å²) in [6.07, 6.45) is 5.24. The molecule has 0 aromatic carbocycles. The fraction of sp³-hybridized carbons (Fsp3) is 0.917. The van der Waals surface area contributed by atoms with E-state index in [0.29, 0.717) is 6.04 Å². The van der Waals surface area contributed by atoms with Crippen molar-refractivity contribution in [1.82, 2.24) is 30.4 Å². The van der Waals surface area contributed by atoms with Crippen LogP contribution in [0.25, 0.3) is 0 Å². The molecule has 2 bridgehead atoms. The Labute approximate surface area is 108 Å². The number of fused-ring (bicyclic) bond motifs is 2. The van der Waals surface area contributed by atoms with Crippen molar-refractivity contribution in [2.24, 2.45) is 7.05 Å². The number of tetrazole rings is 1. The van der Waals surface area contributed by atoms with Crippen molar-refractivity contribution in [3.8, 4) is 0 Å². The molecule has 0 aliphatic carbocycles. The summed E-state index contributed by atoms with van der Waals surface area (Å²) >= 11 is 0. The molecule has 6 heteroatoms. The van der Waals surface area contributed by atoms with Crippen LogP contribution in [0.3, 0.4) is 0 Å². The second-order valence-corrected chi connectivity index (χ2v) is 5.52. The lowest BCUT2D eigenvalue weighted by molar-refractivity contribution is 0.137. The van der Waals surface area contributed by atoms with E-state index in [4.69, 9.17) is 0 Å². The predicted molar refractivity (Wildman–Crippen MR) is 67.8 cm³/mol. The van der Waals surface area contributed by atoms with Crippen LogP contribution < -0.4 is 5.32 Å². The van der Waals surface area contributed by atoms with Crippen molar-refractivity contribution in [2.75, 3.05) is 6.54 Å². The van der Waals surface area contributed by atoms with Crippen molar-refractivity contribution in [3.05, 3.63) is 5.82 Å². The van der Waals surface area contributed by atoms with E-state index in [9.17, 15) is 0 Å². The van der Waals surface area contributed by atoms with Gasteiger partial charge in [0.15, 0.2) is 5.82 Å². The third-order valence-corrected chi connectivity index (χ3v) is 4.27. The number of piperidine rings is 1. The molecule has 18 heavy (non-hydrogen) atoms. The summed E-state index contributed by atoms with van der Waals surface area (Å²) in [6.45, 7) is 4.11. The Morgan fingerprint density at radius 3 is 2.61 bits per heavy atom. The van der Waals surface area contributed by atoms with Crippen molar-refractivity contribution in [2.45, 2.75) is 57.3 Å². The van der Waals surface area contributed by atoms with E-state index < -0.39 is 0 Å². The van der Waals surface area contributed by atoms with Crippen LogP contribution in [0, 0.1) is 0 Å². The first-order chi connectivity index (χ1) is 8.74. The van der Waals surface area contributed by atoms with Crippen LogP contribution >= 0.6 is 0 Å². The molecule has 0 amide bonds. The maximum atomic E-state index is 4.28. The average Bonchev–Trinajstić information content (AvgIpc) is 2.92. The quantitative estimate of drug-likeness (QED) is 0.833. The monoisotopic (exact) mass is 250 g/mol. The molecule has 6 nitrogen and oxygen atoms in total. The van der Waals surface area contributed by atoms with E-state index in [0.717, 1.165) is 31.0 Å². The average molecular weight is 250 g/mol. The van der Waals surface area contributed by atoms with Crippen molar-refractivity contribution >= 4 is 0 Å². The lowest BCUT2D eigenvalue weighted by atomic mass is 9.98. The first-order valence-corrected chi connectivity index (χ1v) is 6.97. The summed E-state index contributed by atoms with van der Waals surface area (Å²) in [6, 6.07) is 2.15. The first-order valence-electron chi connectivity index (χ1n) is 6.97. The van der Waals surface area contributed by atoms with Crippen LogP contribution in [0.1, 0.15) is 38.4 Å². The molecular formula is C12H22N6. The molecule has 100 valence electrons. The van der Waals surface area contributed by atoms with Crippen LogP contribution in [-0.4, -0.2) is 49.8 Å². The van der Waals surface area contributed by atoms with Gasteiger partial charge in [0.25, 0.3) is 0 Å². The van der Waals surface area contributed by atoms with Gasteiger partial charge in [-0.25, -0.2) is 0 Å². The normalized spacial score (nSPS) is 31.2. The molecule has 2 unspecified atom stereocenters. The van der Waals surface area contributed by atoms with Crippen molar-refractivity contribution in [3.63, 3.8) is 0 Å². The lowest BCUT2D eigenvalue weighted by Gasteiger charge is -2.36. The standard InChI is InChI=1S/C12H22N6/c1-3-18(8-12-14-16-17(2)15-12)11-6-9-4-5-10(7-11)13-9/h9-11,13H,3-8H2,1-2H3. The van der Waals surface area contributed by atoms with Gasteiger partial charge >= 0.3 is 0 Å². The van der Waals surface area contributed by atoms with Crippen molar-refractivity contribution in [1.29, 1.82) is 0 Å². The molecule has 0 spiro atoms. The van der Waals surface area contributed by atoms with E-state index in [1.807, 2.05) is 7.05 Å². The number of hydrogen-bond acceptors (Lipinski definition) is 5. The van der Waals surface area contributed by atoms with Crippen LogP contribution in [0.15, 0.2) is 0 Å². The van der Waals surface area contributed by atoms with Crippen molar-refractivity contribution < 1.29 is 0 Å². The van der Waals surface area contributed by atoms with E-state index >= 15 is 0 Å². The fourth-order valence-corrected chi connectivity index (χ4v) is 3.39. The van der Waals surface area contributed by atoms with Gasteiger partial charge in [0.1, 0.15) is 0 Å². The van der Waals surface area contributed by atoms with Crippen LogP contribution in [0.2, 0.25) is 0 Å². The highest BCUT2D eigenvalue weighted by Gasteiger charge is 2.35. The summed E-state index contributed by atoms with van der Waals surface area (Å²) in [5.41, 5.74) is 0. The van der Waals surface area contributed by atoms with Crippen LogP contribution in [0.4, 0.5) is 0 Å². The largest absolute Gasteiger partial charge is 0.311 e. The number of nitrogens with one attached hydrogen (secondary N) is 1. The zero-order valence-electron chi connectivity index (χ0n) is 11.2. The van der Waals surface area contributed by atoms with Gasteiger partial charge in [0, 0.05) is 18.1 Å². The van der Waals surface area contributed by atoms with Gasteiger partial charge in [-0.15, -0.1) is 10.2 Å². The molecule has 1 aromatic rings. The topological polar surface area (TPSA) is 58.9 Å². The van der Waals surface area contributed by atoms with Gasteiger partial charge in [-0.05, 0) is 37.4 Å². The third-order valence-electron chi connectivity index (χ3n) is 4.27. The Morgan fingerprint density at radius 2 is 2.06 bits per heavy atom. The molecular weight excluding hydrogens is 228 g/mol.